The second-order valence-electron chi connectivity index (χ2n) is 8.27. The van der Waals surface area contributed by atoms with E-state index in [9.17, 15) is 22.4 Å². The molecule has 1 aliphatic carbocycles. The monoisotopic (exact) mass is 457 g/mol. The summed E-state index contributed by atoms with van der Waals surface area (Å²) in [5, 5.41) is 0. The van der Waals surface area contributed by atoms with Crippen molar-refractivity contribution in [2.45, 2.75) is 54.2 Å². The van der Waals surface area contributed by atoms with Crippen molar-refractivity contribution >= 4 is 23.5 Å². The van der Waals surface area contributed by atoms with Gasteiger partial charge in [-0.2, -0.15) is 18.2 Å². The van der Waals surface area contributed by atoms with Crippen molar-refractivity contribution in [3.8, 4) is 0 Å². The maximum Gasteiger partial charge on any atom is 0.434 e. The normalized spacial score (nSPS) is 21.1. The molecule has 31 heavy (non-hydrogen) atoms. The molecule has 2 fully saturated rings. The summed E-state index contributed by atoms with van der Waals surface area (Å²) in [6, 6.07) is 2.62. The van der Waals surface area contributed by atoms with Gasteiger partial charge >= 0.3 is 6.18 Å². The minimum absolute atomic E-state index is 0.0183. The van der Waals surface area contributed by atoms with Crippen LogP contribution in [0.4, 0.5) is 29.3 Å². The van der Waals surface area contributed by atoms with Gasteiger partial charge in [0.1, 0.15) is 16.9 Å². The van der Waals surface area contributed by atoms with Gasteiger partial charge in [0.2, 0.25) is 5.95 Å². The zero-order valence-electron chi connectivity index (χ0n) is 17.0. The van der Waals surface area contributed by atoms with E-state index in [2.05, 4.69) is 9.97 Å². The van der Waals surface area contributed by atoms with Crippen LogP contribution in [0.1, 0.15) is 37.8 Å². The van der Waals surface area contributed by atoms with Crippen LogP contribution in [0.2, 0.25) is 0 Å². The maximum absolute atomic E-state index is 13.7. The van der Waals surface area contributed by atoms with E-state index in [1.807, 2.05) is 4.90 Å². The number of hydrogen-bond acceptors (Lipinski definition) is 6. The molecule has 0 radical (unpaired) electrons. The van der Waals surface area contributed by atoms with Gasteiger partial charge in [0.25, 0.3) is 5.56 Å². The first-order valence-electron chi connectivity index (χ1n) is 10.1. The van der Waals surface area contributed by atoms with Gasteiger partial charge in [0, 0.05) is 31.2 Å². The second-order valence-corrected chi connectivity index (χ2v) is 9.32. The topological polar surface area (TPSA) is 77.0 Å². The van der Waals surface area contributed by atoms with Gasteiger partial charge in [-0.05, 0) is 49.7 Å². The number of halogens is 4. The zero-order valence-corrected chi connectivity index (χ0v) is 17.8. The molecule has 1 aliphatic heterocycles. The second kappa shape index (κ2) is 7.99. The third-order valence-electron chi connectivity index (χ3n) is 6.25. The number of alkyl halides is 4. The number of pyridine rings is 1. The summed E-state index contributed by atoms with van der Waals surface area (Å²) in [4.78, 5) is 22.4. The Bertz CT molecular complexity index is 1030. The molecule has 1 unspecified atom stereocenters. The first-order chi connectivity index (χ1) is 14.6. The summed E-state index contributed by atoms with van der Waals surface area (Å²) in [6.07, 6.45) is -0.669. The highest BCUT2D eigenvalue weighted by atomic mass is 32.2. The lowest BCUT2D eigenvalue weighted by molar-refractivity contribution is -0.143. The van der Waals surface area contributed by atoms with Crippen molar-refractivity contribution in [1.29, 1.82) is 0 Å². The highest BCUT2D eigenvalue weighted by molar-refractivity contribution is 7.99. The van der Waals surface area contributed by atoms with Gasteiger partial charge < -0.3 is 10.6 Å². The Balaban J connectivity index is 1.59. The van der Waals surface area contributed by atoms with E-state index in [4.69, 9.17) is 5.73 Å². The predicted octanol–water partition coefficient (Wildman–Crippen LogP) is 4.04. The Hall–Kier alpha value is -2.30. The van der Waals surface area contributed by atoms with Crippen molar-refractivity contribution in [1.82, 2.24) is 14.5 Å². The van der Waals surface area contributed by atoms with E-state index in [-0.39, 0.29) is 21.0 Å². The third kappa shape index (κ3) is 4.24. The summed E-state index contributed by atoms with van der Waals surface area (Å²) in [6.45, 7) is 1.25. The zero-order chi connectivity index (χ0) is 22.4. The van der Waals surface area contributed by atoms with Crippen LogP contribution < -0.4 is 16.2 Å². The molecule has 0 bridgehead atoms. The van der Waals surface area contributed by atoms with Gasteiger partial charge in [-0.3, -0.25) is 14.3 Å². The molecular weight excluding hydrogens is 434 g/mol. The first-order valence-corrected chi connectivity index (χ1v) is 10.9. The Labute approximate surface area is 180 Å². The van der Waals surface area contributed by atoms with E-state index in [0.717, 1.165) is 25.5 Å². The lowest BCUT2D eigenvalue weighted by atomic mass is 9.77. The number of piperidine rings is 1. The molecule has 6 nitrogen and oxygen atoms in total. The quantitative estimate of drug-likeness (QED) is 0.702. The first kappa shape index (κ1) is 21.9. The fourth-order valence-electron chi connectivity index (χ4n) is 4.53. The van der Waals surface area contributed by atoms with Gasteiger partial charge in [0.15, 0.2) is 5.69 Å². The Kier molecular flexibility index (Phi) is 5.65. The minimum Gasteiger partial charge on any atom is -0.382 e. The van der Waals surface area contributed by atoms with Crippen molar-refractivity contribution in [3.63, 3.8) is 0 Å². The molecule has 2 aliphatic rings. The molecule has 4 rings (SSSR count). The SMILES string of the molecule is Cn1c(N2CCC3(CCC(F)C3)CC2)nc(N)c(Sc2cccnc2C(F)(F)F)c1=O. The molecule has 0 amide bonds. The van der Waals surface area contributed by atoms with Crippen molar-refractivity contribution in [2.75, 3.05) is 23.7 Å². The predicted molar refractivity (Wildman–Crippen MR) is 110 cm³/mol. The molecule has 1 atom stereocenters. The molecule has 1 spiro atoms. The molecule has 168 valence electrons. The van der Waals surface area contributed by atoms with Crippen molar-refractivity contribution in [2.24, 2.45) is 12.5 Å². The minimum atomic E-state index is -4.65. The standard InChI is InChI=1S/C20H23F4N5OS/c1-28-17(30)14(31-13-3-2-8-26-15(13)20(22,23)24)16(25)27-18(28)29-9-6-19(7-10-29)5-4-12(21)11-19/h2-3,8,12H,4-7,9-11,25H2,1H3. The number of nitrogens with two attached hydrogens (primary N) is 1. The number of rotatable bonds is 3. The van der Waals surface area contributed by atoms with Crippen LogP contribution in [0.5, 0.6) is 0 Å². The third-order valence-corrected chi connectivity index (χ3v) is 7.39. The summed E-state index contributed by atoms with van der Waals surface area (Å²) in [5.74, 6) is 0.253. The van der Waals surface area contributed by atoms with Crippen LogP contribution in [-0.4, -0.2) is 33.8 Å². The molecule has 2 N–H and O–H groups in total. The number of nitrogens with zero attached hydrogens (tertiary/aromatic N) is 4. The fourth-order valence-corrected chi connectivity index (χ4v) is 5.54. The summed E-state index contributed by atoms with van der Waals surface area (Å²) in [5.41, 5.74) is 4.44. The van der Waals surface area contributed by atoms with E-state index < -0.39 is 23.6 Å². The van der Waals surface area contributed by atoms with Gasteiger partial charge in [0.05, 0.1) is 0 Å². The fraction of sp³-hybridized carbons (Fsp3) is 0.550. The van der Waals surface area contributed by atoms with Crippen molar-refractivity contribution in [3.05, 3.63) is 34.4 Å². The molecule has 2 aromatic heterocycles. The Morgan fingerprint density at radius 1 is 1.26 bits per heavy atom. The molecule has 2 aromatic rings. The molecule has 0 aromatic carbocycles. The Morgan fingerprint density at radius 3 is 2.58 bits per heavy atom. The number of hydrogen-bond donors (Lipinski definition) is 1. The number of aromatic nitrogens is 3. The van der Waals surface area contributed by atoms with E-state index >= 15 is 0 Å². The highest BCUT2D eigenvalue weighted by Gasteiger charge is 2.42. The van der Waals surface area contributed by atoms with Gasteiger partial charge in [-0.1, -0.05) is 11.8 Å². The van der Waals surface area contributed by atoms with E-state index in [0.29, 0.717) is 43.6 Å². The van der Waals surface area contributed by atoms with E-state index in [1.165, 1.54) is 23.7 Å². The van der Waals surface area contributed by atoms with E-state index in [1.54, 1.807) is 0 Å². The lowest BCUT2D eigenvalue weighted by Crippen LogP contribution is -2.42. The van der Waals surface area contributed by atoms with Crippen molar-refractivity contribution < 1.29 is 17.6 Å². The van der Waals surface area contributed by atoms with Crippen LogP contribution >= 0.6 is 11.8 Å². The average molecular weight is 457 g/mol. The number of anilines is 2. The molecular formula is C20H23F4N5OS. The van der Waals surface area contributed by atoms with Crippen LogP contribution in [0, 0.1) is 5.41 Å². The molecule has 1 saturated heterocycles. The number of nitrogen functional groups attached to an aromatic ring is 1. The lowest BCUT2D eigenvalue weighted by Gasteiger charge is -2.40. The van der Waals surface area contributed by atoms with Crippen LogP contribution in [0.15, 0.2) is 32.9 Å². The molecule has 11 heteroatoms. The average Bonchev–Trinajstić information content (AvgIpc) is 3.08. The summed E-state index contributed by atoms with van der Waals surface area (Å²) < 4.78 is 54.8. The summed E-state index contributed by atoms with van der Waals surface area (Å²) in [7, 11) is 1.53. The van der Waals surface area contributed by atoms with Gasteiger partial charge in [-0.15, -0.1) is 0 Å². The molecule has 3 heterocycles. The summed E-state index contributed by atoms with van der Waals surface area (Å²) >= 11 is 0.616. The highest BCUT2D eigenvalue weighted by Crippen LogP contribution is 2.47. The smallest absolute Gasteiger partial charge is 0.382 e. The largest absolute Gasteiger partial charge is 0.434 e. The van der Waals surface area contributed by atoms with Crippen LogP contribution in [-0.2, 0) is 13.2 Å². The maximum atomic E-state index is 13.7. The Morgan fingerprint density at radius 2 is 1.97 bits per heavy atom. The van der Waals surface area contributed by atoms with Crippen LogP contribution in [0.3, 0.4) is 0 Å². The molecule has 1 saturated carbocycles. The van der Waals surface area contributed by atoms with Gasteiger partial charge in [-0.25, -0.2) is 4.39 Å². The van der Waals surface area contributed by atoms with Crippen LogP contribution in [0.25, 0.3) is 0 Å².